The summed E-state index contributed by atoms with van der Waals surface area (Å²) in [7, 11) is 1.65. The maximum Gasteiger partial charge on any atom is 0.430 e. The van der Waals surface area contributed by atoms with E-state index in [0.717, 1.165) is 34.8 Å². The van der Waals surface area contributed by atoms with E-state index in [2.05, 4.69) is 21.5 Å². The molecule has 1 atom stereocenters. The molecule has 5 rings (SSSR count). The molecule has 1 aliphatic rings. The van der Waals surface area contributed by atoms with E-state index in [4.69, 9.17) is 40.0 Å². The molecule has 242 valence electrons. The number of ether oxygens (including phenoxy) is 2. The molecule has 45 heavy (non-hydrogen) atoms. The number of aliphatic carboxylic acids is 2. The van der Waals surface area contributed by atoms with Crippen molar-refractivity contribution < 1.29 is 60.0 Å². The van der Waals surface area contributed by atoms with Gasteiger partial charge in [0.25, 0.3) is 0 Å². The van der Waals surface area contributed by atoms with E-state index in [9.17, 15) is 30.7 Å². The molecule has 0 radical (unpaired) electrons. The van der Waals surface area contributed by atoms with E-state index in [1.807, 2.05) is 18.2 Å². The third kappa shape index (κ3) is 8.48. The van der Waals surface area contributed by atoms with Gasteiger partial charge in [0.1, 0.15) is 35.1 Å². The highest BCUT2D eigenvalue weighted by atomic mass is 19.4. The molecule has 18 heteroatoms. The number of carbonyl (C=O) groups is 2. The second-order valence-corrected chi connectivity index (χ2v) is 9.09. The van der Waals surface area contributed by atoms with E-state index in [1.165, 1.54) is 12.3 Å². The number of fused-ring (bicyclic) bond motifs is 2. The molecule has 11 nitrogen and oxygen atoms in total. The number of hydrogen-bond acceptors (Lipinski definition) is 10. The van der Waals surface area contributed by atoms with Crippen LogP contribution < -0.4 is 25.4 Å². The van der Waals surface area contributed by atoms with E-state index < -0.39 is 30.1 Å². The molecule has 0 aliphatic carbocycles. The molecular weight excluding hydrogens is 623 g/mol. The van der Waals surface area contributed by atoms with Gasteiger partial charge in [-0.1, -0.05) is 0 Å². The summed E-state index contributed by atoms with van der Waals surface area (Å²) in [6.45, 7) is 3.27. The first kappa shape index (κ1) is 34.3. The standard InChI is InChI=1S/C23H22FN5O2.2C2HF3O2/c1-3-29-20-10-16(18-6-7-26-23(25)28-18)17(24)11-19(20)27-22(29)14-8-13-9-15(30-2)4-5-21(13)31-12-14;2*3-2(4,5)1(6)7/h4-7,9-11,14H,3,8,12H2,1-2H3,(H2,25,26,28);2*(H,6,7)/p-2. The van der Waals surface area contributed by atoms with Crippen molar-refractivity contribution in [1.29, 1.82) is 0 Å². The van der Waals surface area contributed by atoms with Gasteiger partial charge in [-0.3, -0.25) is 0 Å². The number of alkyl halides is 6. The van der Waals surface area contributed by atoms with Crippen LogP contribution in [-0.2, 0) is 22.6 Å². The smallest absolute Gasteiger partial charge is 0.430 e. The summed E-state index contributed by atoms with van der Waals surface area (Å²) in [5, 5.41) is 17.6. The van der Waals surface area contributed by atoms with Crippen LogP contribution in [0.3, 0.4) is 0 Å². The lowest BCUT2D eigenvalue weighted by Crippen LogP contribution is -2.37. The third-order valence-electron chi connectivity index (χ3n) is 6.14. The number of imidazole rings is 1. The fourth-order valence-corrected chi connectivity index (χ4v) is 4.19. The molecule has 0 amide bonds. The van der Waals surface area contributed by atoms with Crippen LogP contribution in [0.1, 0.15) is 24.2 Å². The molecule has 0 fully saturated rings. The molecule has 2 aromatic heterocycles. The summed E-state index contributed by atoms with van der Waals surface area (Å²) in [5.74, 6) is -3.71. The van der Waals surface area contributed by atoms with Gasteiger partial charge in [0.15, 0.2) is 0 Å². The zero-order chi connectivity index (χ0) is 33.7. The first-order valence-electron chi connectivity index (χ1n) is 12.6. The maximum atomic E-state index is 14.9. The first-order chi connectivity index (χ1) is 21.0. The van der Waals surface area contributed by atoms with Crippen LogP contribution in [0.2, 0.25) is 0 Å². The number of aromatic nitrogens is 4. The van der Waals surface area contributed by atoms with Gasteiger partial charge in [0, 0.05) is 24.4 Å². The number of nitrogens with two attached hydrogens (primary N) is 1. The number of benzene rings is 2. The van der Waals surface area contributed by atoms with Crippen molar-refractivity contribution in [1.82, 2.24) is 19.5 Å². The van der Waals surface area contributed by atoms with Crippen molar-refractivity contribution in [3.05, 3.63) is 59.8 Å². The fraction of sp³-hybridized carbons (Fsp3) is 0.296. The number of nitrogens with zero attached hydrogens (tertiary/aromatic N) is 4. The molecule has 1 unspecified atom stereocenters. The zero-order valence-corrected chi connectivity index (χ0v) is 23.2. The quantitative estimate of drug-likeness (QED) is 0.326. The topological polar surface area (TPSA) is 168 Å². The van der Waals surface area contributed by atoms with Gasteiger partial charge < -0.3 is 39.6 Å². The van der Waals surface area contributed by atoms with Gasteiger partial charge in [-0.15, -0.1) is 0 Å². The number of methoxy groups -OCH3 is 1. The average molecular weight is 645 g/mol. The van der Waals surface area contributed by atoms with E-state index in [-0.39, 0.29) is 11.9 Å². The van der Waals surface area contributed by atoms with Crippen LogP contribution in [0.25, 0.3) is 22.3 Å². The van der Waals surface area contributed by atoms with Crippen molar-refractivity contribution in [2.45, 2.75) is 38.2 Å². The minimum Gasteiger partial charge on any atom is -0.542 e. The number of rotatable bonds is 4. The minimum atomic E-state index is -5.19. The normalized spacial score (nSPS) is 14.2. The first-order valence-corrected chi connectivity index (χ1v) is 12.6. The molecule has 1 aliphatic heterocycles. The predicted molar refractivity (Wildman–Crippen MR) is 138 cm³/mol. The Morgan fingerprint density at radius 3 is 2.20 bits per heavy atom. The number of anilines is 1. The van der Waals surface area contributed by atoms with Crippen molar-refractivity contribution in [2.24, 2.45) is 0 Å². The summed E-state index contributed by atoms with van der Waals surface area (Å²) in [5.41, 5.74) is 9.04. The Morgan fingerprint density at radius 2 is 1.67 bits per heavy atom. The SMILES string of the molecule is CCn1c(C2COc3ccc(OC)cc3C2)nc2cc(F)c(-c3ccnc(N)n3)cc21.O=C([O-])C(F)(F)F.O=C([O-])C(F)(F)F. The monoisotopic (exact) mass is 645 g/mol. The summed E-state index contributed by atoms with van der Waals surface area (Å²) in [6, 6.07) is 10.7. The Morgan fingerprint density at radius 1 is 1.04 bits per heavy atom. The molecule has 0 saturated heterocycles. The molecular formula is C27H22F7N5O6-2. The van der Waals surface area contributed by atoms with Crippen LogP contribution in [0.15, 0.2) is 42.6 Å². The second-order valence-electron chi connectivity index (χ2n) is 9.09. The fourth-order valence-electron chi connectivity index (χ4n) is 4.19. The summed E-state index contributed by atoms with van der Waals surface area (Å²) >= 11 is 0. The number of halogens is 7. The number of nitrogen functional groups attached to an aromatic ring is 1. The highest BCUT2D eigenvalue weighted by Crippen LogP contribution is 2.36. The molecule has 2 aromatic carbocycles. The van der Waals surface area contributed by atoms with E-state index in [1.54, 1.807) is 19.2 Å². The van der Waals surface area contributed by atoms with Gasteiger partial charge in [0.05, 0.1) is 36.4 Å². The third-order valence-corrected chi connectivity index (χ3v) is 6.14. The summed E-state index contributed by atoms with van der Waals surface area (Å²) < 4.78 is 91.5. The average Bonchev–Trinajstić information content (AvgIpc) is 3.33. The van der Waals surface area contributed by atoms with Crippen LogP contribution in [0.4, 0.5) is 36.7 Å². The number of carboxylic acid groups (broad SMARTS) is 2. The van der Waals surface area contributed by atoms with Gasteiger partial charge >= 0.3 is 12.4 Å². The molecule has 0 spiro atoms. The number of carboxylic acids is 2. The summed E-state index contributed by atoms with van der Waals surface area (Å²) in [4.78, 5) is 30.4. The maximum absolute atomic E-state index is 14.9. The Labute approximate surface area is 249 Å². The lowest BCUT2D eigenvalue weighted by molar-refractivity contribution is -0.344. The highest BCUT2D eigenvalue weighted by molar-refractivity contribution is 5.82. The Balaban J connectivity index is 0.000000331. The van der Waals surface area contributed by atoms with Crippen molar-refractivity contribution in [2.75, 3.05) is 19.5 Å². The Kier molecular flexibility index (Phi) is 10.4. The molecule has 0 saturated carbocycles. The molecule has 3 heterocycles. The van der Waals surface area contributed by atoms with E-state index >= 15 is 0 Å². The lowest BCUT2D eigenvalue weighted by Gasteiger charge is -2.25. The molecule has 4 aromatic rings. The number of carbonyl (C=O) groups excluding carboxylic acids is 2. The van der Waals surface area contributed by atoms with Gasteiger partial charge in [-0.25, -0.2) is 19.3 Å². The number of aryl methyl sites for hydroxylation is 1. The number of hydrogen-bond donors (Lipinski definition) is 1. The Hall–Kier alpha value is -5.16. The van der Waals surface area contributed by atoms with Gasteiger partial charge in [0.2, 0.25) is 5.95 Å². The molecule has 2 N–H and O–H groups in total. The highest BCUT2D eigenvalue weighted by Gasteiger charge is 2.30. The van der Waals surface area contributed by atoms with Gasteiger partial charge in [-0.2, -0.15) is 26.3 Å². The van der Waals surface area contributed by atoms with Crippen LogP contribution >= 0.6 is 0 Å². The van der Waals surface area contributed by atoms with E-state index in [0.29, 0.717) is 29.9 Å². The molecule has 0 bridgehead atoms. The predicted octanol–water partition coefficient (Wildman–Crippen LogP) is 2.56. The Bertz CT molecular complexity index is 1670. The van der Waals surface area contributed by atoms with Crippen LogP contribution in [0.5, 0.6) is 11.5 Å². The summed E-state index contributed by atoms with van der Waals surface area (Å²) in [6.07, 6.45) is -8.09. The van der Waals surface area contributed by atoms with Crippen molar-refractivity contribution >= 4 is 28.9 Å². The van der Waals surface area contributed by atoms with Crippen molar-refractivity contribution in [3.63, 3.8) is 0 Å². The zero-order valence-electron chi connectivity index (χ0n) is 23.2. The van der Waals surface area contributed by atoms with Crippen LogP contribution in [0, 0.1) is 5.82 Å². The van der Waals surface area contributed by atoms with Crippen molar-refractivity contribution in [3.8, 4) is 22.8 Å². The largest absolute Gasteiger partial charge is 0.542 e. The van der Waals surface area contributed by atoms with Crippen LogP contribution in [-0.4, -0.2) is 57.5 Å². The second kappa shape index (κ2) is 13.6. The van der Waals surface area contributed by atoms with Gasteiger partial charge in [-0.05, 0) is 49.2 Å². The minimum absolute atomic E-state index is 0.0492. The lowest BCUT2D eigenvalue weighted by atomic mass is 9.95.